The fourth-order valence-electron chi connectivity index (χ4n) is 7.18. The number of halogens is 4. The topological polar surface area (TPSA) is 161 Å². The molecule has 292 valence electrons. The molecule has 2 fully saturated rings. The summed E-state index contributed by atoms with van der Waals surface area (Å²) in [4.78, 5) is 51.7. The summed E-state index contributed by atoms with van der Waals surface area (Å²) in [6.07, 6.45) is 0.404. The van der Waals surface area contributed by atoms with Crippen molar-refractivity contribution in [2.45, 2.75) is 38.3 Å². The second kappa shape index (κ2) is 14.7. The van der Waals surface area contributed by atoms with Crippen molar-refractivity contribution >= 4 is 40.1 Å². The predicted molar refractivity (Wildman–Crippen MR) is 200 cm³/mol. The van der Waals surface area contributed by atoms with E-state index in [-0.39, 0.29) is 34.4 Å². The number of amides is 3. The first-order chi connectivity index (χ1) is 27.4. The van der Waals surface area contributed by atoms with Crippen molar-refractivity contribution in [3.8, 4) is 23.1 Å². The number of carbonyl (C=O) groups is 3. The molecule has 2 aliphatic rings. The van der Waals surface area contributed by atoms with Gasteiger partial charge in [0.25, 0.3) is 12.3 Å². The number of aryl methyl sites for hydroxylation is 1. The molecular weight excluding hydrogens is 748 g/mol. The summed E-state index contributed by atoms with van der Waals surface area (Å²) in [6.45, 7) is 2.42. The Balaban J connectivity index is 1.05. The molecule has 2 aliphatic heterocycles. The number of anilines is 2. The van der Waals surface area contributed by atoms with Gasteiger partial charge in [-0.2, -0.15) is 5.10 Å². The Labute approximate surface area is 322 Å². The van der Waals surface area contributed by atoms with Gasteiger partial charge in [0.2, 0.25) is 17.4 Å². The molecule has 2 saturated heterocycles. The van der Waals surface area contributed by atoms with Gasteiger partial charge in [-0.15, -0.1) is 0 Å². The summed E-state index contributed by atoms with van der Waals surface area (Å²) < 4.78 is 67.1. The first kappa shape index (κ1) is 37.2. The van der Waals surface area contributed by atoms with E-state index in [0.29, 0.717) is 54.6 Å². The average molecular weight is 783 g/mol. The van der Waals surface area contributed by atoms with Gasteiger partial charge in [0.05, 0.1) is 35.0 Å². The van der Waals surface area contributed by atoms with Crippen LogP contribution in [0, 0.1) is 18.6 Å². The minimum Gasteiger partial charge on any atom is -0.485 e. The number of nitrogens with zero attached hydrogens (tertiary/aromatic N) is 5. The van der Waals surface area contributed by atoms with Crippen molar-refractivity contribution in [3.05, 3.63) is 119 Å². The van der Waals surface area contributed by atoms with E-state index >= 15 is 0 Å². The lowest BCUT2D eigenvalue weighted by molar-refractivity contribution is -0.123. The van der Waals surface area contributed by atoms with E-state index in [9.17, 15) is 31.9 Å². The number of H-pyrrole nitrogens is 1. The summed E-state index contributed by atoms with van der Waals surface area (Å²) in [7, 11) is 0. The number of nitrogens with one attached hydrogen (secondary N) is 2. The van der Waals surface area contributed by atoms with Crippen LogP contribution in [0.15, 0.2) is 85.2 Å². The molecule has 0 atom stereocenters. The number of alkyl halides is 2. The fourth-order valence-corrected chi connectivity index (χ4v) is 7.18. The highest BCUT2D eigenvalue weighted by molar-refractivity contribution is 6.24. The third-order valence-electron chi connectivity index (χ3n) is 10.1. The number of rotatable bonds is 11. The molecule has 8 rings (SSSR count). The van der Waals surface area contributed by atoms with E-state index in [4.69, 9.17) is 15.2 Å². The number of nitrogens with two attached hydrogens (primary N) is 1. The van der Waals surface area contributed by atoms with Crippen LogP contribution in [0.25, 0.3) is 16.6 Å². The zero-order valence-corrected chi connectivity index (χ0v) is 30.3. The zero-order valence-electron chi connectivity index (χ0n) is 30.3. The Morgan fingerprint density at radius 2 is 1.70 bits per heavy atom. The third-order valence-corrected chi connectivity index (χ3v) is 10.1. The standard InChI is InChI=1S/C40H34F4N8O5/c1-22-14-34(57-36-26(41)8-5-9-27(36)42)46-19-31(22)52-37(45)25(18-47-52)35(53)29-15-24-16-32(56-21-33(43)44)30(17-28(24)48-29)51-38(54)40(49-39(51)55)10-12-50(13-11-40)20-23-6-3-2-4-7-23/h2-9,14-19,33,48H,10-13,20-21,45H2,1H3,(H,49,55). The Kier molecular flexibility index (Phi) is 9.60. The Hall–Kier alpha value is -6.75. The van der Waals surface area contributed by atoms with Gasteiger partial charge in [0.15, 0.2) is 11.6 Å². The maximum Gasteiger partial charge on any atom is 0.329 e. The fraction of sp³-hybridized carbons (Fsp3) is 0.225. The lowest BCUT2D eigenvalue weighted by Crippen LogP contribution is -2.54. The van der Waals surface area contributed by atoms with E-state index < -0.39 is 53.7 Å². The number of pyridine rings is 1. The van der Waals surface area contributed by atoms with E-state index in [2.05, 4.69) is 25.3 Å². The van der Waals surface area contributed by atoms with Crippen LogP contribution in [0.4, 0.5) is 33.9 Å². The molecule has 6 aromatic rings. The third kappa shape index (κ3) is 7.01. The summed E-state index contributed by atoms with van der Waals surface area (Å²) in [5.74, 6) is -3.83. The van der Waals surface area contributed by atoms with Gasteiger partial charge in [-0.1, -0.05) is 36.4 Å². The number of urea groups is 1. The summed E-state index contributed by atoms with van der Waals surface area (Å²) in [6, 6.07) is 18.2. The number of aromatic nitrogens is 4. The highest BCUT2D eigenvalue weighted by Gasteiger charge is 2.53. The number of para-hydroxylation sites is 1. The molecular formula is C40H34F4N8O5. The Bertz CT molecular complexity index is 2510. The number of fused-ring (bicyclic) bond motifs is 1. The minimum absolute atomic E-state index is 0.00115. The Morgan fingerprint density at radius 1 is 0.965 bits per heavy atom. The number of piperidine rings is 1. The highest BCUT2D eigenvalue weighted by Crippen LogP contribution is 2.40. The van der Waals surface area contributed by atoms with Gasteiger partial charge < -0.3 is 25.5 Å². The molecule has 5 heterocycles. The average Bonchev–Trinajstić information content (AvgIpc) is 3.85. The van der Waals surface area contributed by atoms with Crippen LogP contribution in [0.2, 0.25) is 0 Å². The SMILES string of the molecule is Cc1cc(Oc2c(F)cccc2F)ncc1-n1ncc(C(=O)c2cc3cc(OCC(F)F)c(N4C(=O)NC5(CCN(Cc6ccccc6)CC5)C4=O)cc3[nH]2)c1N. The monoisotopic (exact) mass is 782 g/mol. The normalized spacial score (nSPS) is 15.5. The first-order valence-corrected chi connectivity index (χ1v) is 17.9. The van der Waals surface area contributed by atoms with E-state index in [0.717, 1.165) is 22.6 Å². The van der Waals surface area contributed by atoms with Crippen molar-refractivity contribution in [3.63, 3.8) is 0 Å². The van der Waals surface area contributed by atoms with E-state index in [1.54, 1.807) is 6.92 Å². The van der Waals surface area contributed by atoms with Gasteiger partial charge in [0.1, 0.15) is 23.7 Å². The molecule has 17 heteroatoms. The van der Waals surface area contributed by atoms with Crippen LogP contribution in [0.5, 0.6) is 17.4 Å². The molecule has 57 heavy (non-hydrogen) atoms. The summed E-state index contributed by atoms with van der Waals surface area (Å²) in [5, 5.41) is 7.50. The van der Waals surface area contributed by atoms with Crippen molar-refractivity contribution < 1.29 is 41.4 Å². The quantitative estimate of drug-likeness (QED) is 0.0741. The van der Waals surface area contributed by atoms with Gasteiger partial charge in [-0.05, 0) is 61.2 Å². The molecule has 3 aromatic carbocycles. The number of hydrogen-bond acceptors (Lipinski definition) is 9. The van der Waals surface area contributed by atoms with Crippen molar-refractivity contribution in [2.24, 2.45) is 0 Å². The molecule has 1 spiro atoms. The maximum atomic E-state index is 14.1. The van der Waals surface area contributed by atoms with Crippen molar-refractivity contribution in [1.29, 1.82) is 0 Å². The number of benzene rings is 3. The van der Waals surface area contributed by atoms with Crippen LogP contribution in [-0.4, -0.2) is 74.0 Å². The van der Waals surface area contributed by atoms with Crippen LogP contribution < -0.4 is 25.4 Å². The lowest BCUT2D eigenvalue weighted by Gasteiger charge is -2.37. The minimum atomic E-state index is -2.85. The van der Waals surface area contributed by atoms with Gasteiger partial charge in [-0.25, -0.2) is 36.9 Å². The van der Waals surface area contributed by atoms with Crippen LogP contribution in [-0.2, 0) is 11.3 Å². The molecule has 0 aliphatic carbocycles. The number of likely N-dealkylation sites (tertiary alicyclic amines) is 1. The van der Waals surface area contributed by atoms with Crippen LogP contribution in [0.1, 0.15) is 40.0 Å². The van der Waals surface area contributed by atoms with Crippen molar-refractivity contribution in [2.75, 3.05) is 30.3 Å². The summed E-state index contributed by atoms with van der Waals surface area (Å²) >= 11 is 0. The number of ether oxygens (including phenoxy) is 2. The number of carbonyl (C=O) groups excluding carboxylic acids is 3. The number of hydrogen-bond donors (Lipinski definition) is 3. The second-order valence-corrected chi connectivity index (χ2v) is 13.9. The zero-order chi connectivity index (χ0) is 40.0. The van der Waals surface area contributed by atoms with Crippen LogP contribution >= 0.6 is 0 Å². The Morgan fingerprint density at radius 3 is 2.40 bits per heavy atom. The predicted octanol–water partition coefficient (Wildman–Crippen LogP) is 6.68. The van der Waals surface area contributed by atoms with Gasteiger partial charge >= 0.3 is 6.03 Å². The number of aromatic amines is 1. The molecule has 0 bridgehead atoms. The molecule has 0 saturated carbocycles. The number of ketones is 1. The lowest BCUT2D eigenvalue weighted by atomic mass is 9.87. The van der Waals surface area contributed by atoms with Gasteiger partial charge in [0, 0.05) is 36.6 Å². The molecule has 4 N–H and O–H groups in total. The maximum absolute atomic E-state index is 14.1. The molecule has 13 nitrogen and oxygen atoms in total. The van der Waals surface area contributed by atoms with E-state index in [1.165, 1.54) is 47.4 Å². The van der Waals surface area contributed by atoms with E-state index in [1.807, 2.05) is 30.3 Å². The second-order valence-electron chi connectivity index (χ2n) is 13.9. The first-order valence-electron chi connectivity index (χ1n) is 17.9. The molecule has 0 unspecified atom stereocenters. The molecule has 3 aromatic heterocycles. The van der Waals surface area contributed by atoms with Gasteiger partial charge in [-0.3, -0.25) is 14.5 Å². The number of nitrogen functional groups attached to an aromatic ring is 1. The largest absolute Gasteiger partial charge is 0.485 e. The highest BCUT2D eigenvalue weighted by atomic mass is 19.3. The smallest absolute Gasteiger partial charge is 0.329 e. The molecule has 0 radical (unpaired) electrons. The summed E-state index contributed by atoms with van der Waals surface area (Å²) in [5.41, 5.74) is 7.48. The molecule has 3 amide bonds. The van der Waals surface area contributed by atoms with Crippen molar-refractivity contribution in [1.82, 2.24) is 30.0 Å². The van der Waals surface area contributed by atoms with Crippen LogP contribution in [0.3, 0.4) is 0 Å². The number of imide groups is 1.